The van der Waals surface area contributed by atoms with Crippen molar-refractivity contribution >= 4 is 5.97 Å². The molecule has 1 aliphatic heterocycles. The molecule has 0 saturated carbocycles. The molecule has 1 aliphatic carbocycles. The van der Waals surface area contributed by atoms with Gasteiger partial charge in [0.2, 0.25) is 0 Å². The first-order chi connectivity index (χ1) is 11.0. The van der Waals surface area contributed by atoms with Crippen LogP contribution in [0.25, 0.3) is 0 Å². The summed E-state index contributed by atoms with van der Waals surface area (Å²) < 4.78 is 11.7. The van der Waals surface area contributed by atoms with E-state index in [-0.39, 0.29) is 17.5 Å². The third kappa shape index (κ3) is 2.69. The molecule has 0 radical (unpaired) electrons. The lowest BCUT2D eigenvalue weighted by atomic mass is 9.56. The molecular weight excluding hydrogens is 290 g/mol. The molecule has 2 heterocycles. The summed E-state index contributed by atoms with van der Waals surface area (Å²) in [6.07, 6.45) is 6.03. The van der Waals surface area contributed by atoms with Crippen LogP contribution in [0.5, 0.6) is 0 Å². The second kappa shape index (κ2) is 6.08. The van der Waals surface area contributed by atoms with Gasteiger partial charge in [0, 0.05) is 30.7 Å². The highest BCUT2D eigenvalue weighted by Crippen LogP contribution is 2.56. The second-order valence-corrected chi connectivity index (χ2v) is 7.05. The van der Waals surface area contributed by atoms with Crippen molar-refractivity contribution in [2.45, 2.75) is 33.8 Å². The van der Waals surface area contributed by atoms with Gasteiger partial charge in [0.1, 0.15) is 0 Å². The molecule has 1 aromatic heterocycles. The van der Waals surface area contributed by atoms with Crippen LogP contribution < -0.4 is 0 Å². The van der Waals surface area contributed by atoms with Crippen LogP contribution in [0.4, 0.5) is 0 Å². The first-order valence-corrected chi connectivity index (χ1v) is 8.29. The SMILES string of the molecule is CC(=O)OC[C@@]12CO[C@H](c3cccnc3)[C@@H](C(C)=C[C@H]1C)[C@H]2C. The van der Waals surface area contributed by atoms with Gasteiger partial charge in [0.25, 0.3) is 0 Å². The van der Waals surface area contributed by atoms with Gasteiger partial charge in [0.05, 0.1) is 19.3 Å². The molecule has 0 unspecified atom stereocenters. The van der Waals surface area contributed by atoms with E-state index in [2.05, 4.69) is 37.9 Å². The van der Waals surface area contributed by atoms with E-state index in [9.17, 15) is 4.79 Å². The molecule has 23 heavy (non-hydrogen) atoms. The van der Waals surface area contributed by atoms with Crippen molar-refractivity contribution in [2.24, 2.45) is 23.2 Å². The number of fused-ring (bicyclic) bond motifs is 2. The summed E-state index contributed by atoms with van der Waals surface area (Å²) in [5, 5.41) is 0. The highest BCUT2D eigenvalue weighted by atomic mass is 16.5. The van der Waals surface area contributed by atoms with Crippen LogP contribution in [0.15, 0.2) is 36.2 Å². The number of hydrogen-bond acceptors (Lipinski definition) is 4. The monoisotopic (exact) mass is 315 g/mol. The molecule has 124 valence electrons. The number of esters is 1. The van der Waals surface area contributed by atoms with Crippen molar-refractivity contribution in [3.8, 4) is 0 Å². The van der Waals surface area contributed by atoms with Gasteiger partial charge in [-0.3, -0.25) is 9.78 Å². The normalized spacial score (nSPS) is 36.3. The Hall–Kier alpha value is -1.68. The summed E-state index contributed by atoms with van der Waals surface area (Å²) in [5.41, 5.74) is 2.33. The zero-order chi connectivity index (χ0) is 16.6. The van der Waals surface area contributed by atoms with Gasteiger partial charge < -0.3 is 9.47 Å². The molecule has 1 fully saturated rings. The number of carbonyl (C=O) groups excluding carboxylic acids is 1. The summed E-state index contributed by atoms with van der Waals surface area (Å²) in [6, 6.07) is 4.03. The number of nitrogens with zero attached hydrogens (tertiary/aromatic N) is 1. The molecule has 4 heteroatoms. The van der Waals surface area contributed by atoms with Gasteiger partial charge in [0.15, 0.2) is 0 Å². The zero-order valence-electron chi connectivity index (χ0n) is 14.3. The minimum Gasteiger partial charge on any atom is -0.465 e. The van der Waals surface area contributed by atoms with Gasteiger partial charge in [-0.1, -0.05) is 31.6 Å². The molecule has 2 bridgehead atoms. The van der Waals surface area contributed by atoms with Crippen molar-refractivity contribution in [2.75, 3.05) is 13.2 Å². The third-order valence-electron chi connectivity index (χ3n) is 5.81. The molecule has 2 aliphatic rings. The summed E-state index contributed by atoms with van der Waals surface area (Å²) in [7, 11) is 0. The van der Waals surface area contributed by atoms with Gasteiger partial charge in [-0.15, -0.1) is 0 Å². The fraction of sp³-hybridized carbons (Fsp3) is 0.579. The number of ether oxygens (including phenoxy) is 2. The van der Waals surface area contributed by atoms with Crippen molar-refractivity contribution in [1.82, 2.24) is 4.98 Å². The minimum atomic E-state index is -0.226. The number of allylic oxidation sites excluding steroid dienone is 1. The lowest BCUT2D eigenvalue weighted by molar-refractivity contribution is -0.180. The lowest BCUT2D eigenvalue weighted by Gasteiger charge is -2.55. The fourth-order valence-corrected chi connectivity index (χ4v) is 4.34. The molecule has 4 nitrogen and oxygen atoms in total. The number of hydrogen-bond donors (Lipinski definition) is 0. The fourth-order valence-electron chi connectivity index (χ4n) is 4.34. The van der Waals surface area contributed by atoms with Gasteiger partial charge in [-0.2, -0.15) is 0 Å². The standard InChI is InChI=1S/C19H25NO3/c1-12-8-13(2)19(10-22-15(4)21)11-23-18(17(12)14(19)3)16-6-5-7-20-9-16/h5-9,13-14,17-18H,10-11H2,1-4H3/t13-,14-,17+,18-,19-/m1/s1. The molecule has 0 aromatic carbocycles. The lowest BCUT2D eigenvalue weighted by Crippen LogP contribution is -2.54. The van der Waals surface area contributed by atoms with Crippen LogP contribution >= 0.6 is 0 Å². The summed E-state index contributed by atoms with van der Waals surface area (Å²) in [4.78, 5) is 15.6. The highest BCUT2D eigenvalue weighted by molar-refractivity contribution is 5.66. The molecule has 5 atom stereocenters. The van der Waals surface area contributed by atoms with Crippen molar-refractivity contribution in [1.29, 1.82) is 0 Å². The third-order valence-corrected chi connectivity index (χ3v) is 5.81. The van der Waals surface area contributed by atoms with Crippen LogP contribution in [-0.2, 0) is 14.3 Å². The Morgan fingerprint density at radius 2 is 2.26 bits per heavy atom. The van der Waals surface area contributed by atoms with E-state index in [4.69, 9.17) is 9.47 Å². The Bertz CT molecular complexity index is 612. The topological polar surface area (TPSA) is 48.4 Å². The van der Waals surface area contributed by atoms with Gasteiger partial charge >= 0.3 is 5.97 Å². The maximum absolute atomic E-state index is 11.3. The average Bonchev–Trinajstić information content (AvgIpc) is 2.52. The number of carbonyl (C=O) groups is 1. The average molecular weight is 315 g/mol. The van der Waals surface area contributed by atoms with E-state index in [1.165, 1.54) is 12.5 Å². The van der Waals surface area contributed by atoms with Crippen LogP contribution in [0, 0.1) is 23.2 Å². The predicted octanol–water partition coefficient (Wildman–Crippen LogP) is 3.55. The number of aromatic nitrogens is 1. The quantitative estimate of drug-likeness (QED) is 0.632. The largest absolute Gasteiger partial charge is 0.465 e. The van der Waals surface area contributed by atoms with E-state index in [1.807, 2.05) is 12.3 Å². The van der Waals surface area contributed by atoms with Gasteiger partial charge in [-0.05, 0) is 30.4 Å². The van der Waals surface area contributed by atoms with Crippen LogP contribution in [0.2, 0.25) is 0 Å². The molecule has 0 amide bonds. The summed E-state index contributed by atoms with van der Waals surface area (Å²) in [5.74, 6) is 0.763. The van der Waals surface area contributed by atoms with E-state index >= 15 is 0 Å². The van der Waals surface area contributed by atoms with E-state index < -0.39 is 0 Å². The van der Waals surface area contributed by atoms with E-state index in [0.717, 1.165) is 5.56 Å². The van der Waals surface area contributed by atoms with Crippen molar-refractivity contribution in [3.05, 3.63) is 41.7 Å². The predicted molar refractivity (Wildman–Crippen MR) is 87.6 cm³/mol. The smallest absolute Gasteiger partial charge is 0.302 e. The Morgan fingerprint density at radius 1 is 1.48 bits per heavy atom. The van der Waals surface area contributed by atoms with Gasteiger partial charge in [-0.25, -0.2) is 0 Å². The molecular formula is C19H25NO3. The Morgan fingerprint density at radius 3 is 2.91 bits per heavy atom. The van der Waals surface area contributed by atoms with Crippen LogP contribution in [0.1, 0.15) is 39.4 Å². The van der Waals surface area contributed by atoms with Crippen LogP contribution in [-0.4, -0.2) is 24.2 Å². The highest BCUT2D eigenvalue weighted by Gasteiger charge is 2.54. The first kappa shape index (κ1) is 16.2. The molecule has 1 aromatic rings. The van der Waals surface area contributed by atoms with E-state index in [1.54, 1.807) is 6.20 Å². The van der Waals surface area contributed by atoms with E-state index in [0.29, 0.717) is 31.0 Å². The van der Waals surface area contributed by atoms with Crippen molar-refractivity contribution in [3.63, 3.8) is 0 Å². The Labute approximate surface area is 137 Å². The first-order valence-electron chi connectivity index (χ1n) is 8.29. The maximum atomic E-state index is 11.3. The maximum Gasteiger partial charge on any atom is 0.302 e. The number of pyridine rings is 1. The summed E-state index contributed by atoms with van der Waals surface area (Å²) >= 11 is 0. The molecule has 1 saturated heterocycles. The van der Waals surface area contributed by atoms with Crippen LogP contribution in [0.3, 0.4) is 0 Å². The summed E-state index contributed by atoms with van der Waals surface area (Å²) in [6.45, 7) is 9.15. The molecule has 0 N–H and O–H groups in total. The zero-order valence-corrected chi connectivity index (χ0v) is 14.3. The minimum absolute atomic E-state index is 0.0212. The second-order valence-electron chi connectivity index (χ2n) is 7.05. The van der Waals surface area contributed by atoms with Crippen molar-refractivity contribution < 1.29 is 14.3 Å². The Balaban J connectivity index is 1.95. The molecule has 3 rings (SSSR count). The number of rotatable bonds is 3. The molecule has 0 spiro atoms. The Kier molecular flexibility index (Phi) is 4.28.